The van der Waals surface area contributed by atoms with Crippen LogP contribution in [0.5, 0.6) is 17.2 Å². The number of carbonyl (C=O) groups is 1. The van der Waals surface area contributed by atoms with E-state index in [2.05, 4.69) is 0 Å². The molecule has 8 heteroatoms. The van der Waals surface area contributed by atoms with Crippen molar-refractivity contribution in [1.29, 1.82) is 0 Å². The first-order valence-corrected chi connectivity index (χ1v) is 11.5. The SMILES string of the molecule is Cc1ccccc1C(=O)Oc1ccc2c(=O)c(Oc3ccc(-c4ccccc4)cc3)c(C(F)(F)F)oc2c1. The molecule has 5 aromatic rings. The second kappa shape index (κ2) is 9.89. The van der Waals surface area contributed by atoms with Crippen molar-refractivity contribution in [2.75, 3.05) is 0 Å². The van der Waals surface area contributed by atoms with Crippen LogP contribution in [0.15, 0.2) is 106 Å². The summed E-state index contributed by atoms with van der Waals surface area (Å²) in [6.45, 7) is 1.72. The predicted molar refractivity (Wildman–Crippen MR) is 136 cm³/mol. The molecule has 0 fully saturated rings. The van der Waals surface area contributed by atoms with Crippen LogP contribution in [0.2, 0.25) is 0 Å². The number of carbonyl (C=O) groups excluding carboxylic acids is 1. The molecule has 0 N–H and O–H groups in total. The second-order valence-corrected chi connectivity index (χ2v) is 8.44. The number of halogens is 3. The van der Waals surface area contributed by atoms with Crippen LogP contribution in [0.1, 0.15) is 21.7 Å². The van der Waals surface area contributed by atoms with Gasteiger partial charge in [-0.25, -0.2) is 4.79 Å². The fraction of sp³-hybridized carbons (Fsp3) is 0.0667. The van der Waals surface area contributed by atoms with Crippen molar-refractivity contribution in [1.82, 2.24) is 0 Å². The number of alkyl halides is 3. The zero-order chi connectivity index (χ0) is 26.9. The molecule has 0 atom stereocenters. The van der Waals surface area contributed by atoms with Gasteiger partial charge in [-0.1, -0.05) is 60.7 Å². The van der Waals surface area contributed by atoms with Crippen molar-refractivity contribution in [3.63, 3.8) is 0 Å². The van der Waals surface area contributed by atoms with E-state index >= 15 is 0 Å². The number of aryl methyl sites for hydroxylation is 1. The third kappa shape index (κ3) is 5.01. The van der Waals surface area contributed by atoms with Crippen molar-refractivity contribution in [3.05, 3.63) is 124 Å². The Morgan fingerprint density at radius 2 is 1.42 bits per heavy atom. The van der Waals surface area contributed by atoms with Crippen molar-refractivity contribution < 1.29 is 31.9 Å². The summed E-state index contributed by atoms with van der Waals surface area (Å²) in [5.41, 5.74) is 1.30. The van der Waals surface area contributed by atoms with E-state index in [1.807, 2.05) is 30.3 Å². The average Bonchev–Trinajstić information content (AvgIpc) is 2.90. The van der Waals surface area contributed by atoms with Crippen LogP contribution < -0.4 is 14.9 Å². The number of benzene rings is 4. The van der Waals surface area contributed by atoms with Crippen LogP contribution in [0, 0.1) is 6.92 Å². The van der Waals surface area contributed by atoms with E-state index in [1.165, 1.54) is 24.3 Å². The third-order valence-electron chi connectivity index (χ3n) is 5.84. The molecule has 0 aliphatic heterocycles. The van der Waals surface area contributed by atoms with Gasteiger partial charge in [0, 0.05) is 6.07 Å². The quantitative estimate of drug-likeness (QED) is 0.176. The third-order valence-corrected chi connectivity index (χ3v) is 5.84. The minimum absolute atomic E-state index is 0.0330. The zero-order valence-corrected chi connectivity index (χ0v) is 19.9. The maximum Gasteiger partial charge on any atom is 0.453 e. The van der Waals surface area contributed by atoms with Crippen molar-refractivity contribution in [3.8, 4) is 28.4 Å². The lowest BCUT2D eigenvalue weighted by molar-refractivity contribution is -0.154. The molecular formula is C30H19F3O5. The molecule has 0 radical (unpaired) electrons. The molecule has 0 unspecified atom stereocenters. The Hall–Kier alpha value is -4.85. The van der Waals surface area contributed by atoms with E-state index in [9.17, 15) is 22.8 Å². The molecule has 0 saturated carbocycles. The van der Waals surface area contributed by atoms with Gasteiger partial charge in [-0.2, -0.15) is 13.2 Å². The van der Waals surface area contributed by atoms with Gasteiger partial charge in [0.25, 0.3) is 5.76 Å². The molecule has 1 heterocycles. The maximum atomic E-state index is 13.9. The molecule has 0 aliphatic carbocycles. The van der Waals surface area contributed by atoms with Crippen LogP contribution in [-0.2, 0) is 6.18 Å². The van der Waals surface area contributed by atoms with Gasteiger partial charge in [-0.05, 0) is 53.9 Å². The zero-order valence-electron chi connectivity index (χ0n) is 19.9. The Kier molecular flexibility index (Phi) is 6.46. The highest BCUT2D eigenvalue weighted by molar-refractivity contribution is 5.93. The first kappa shape index (κ1) is 24.8. The smallest absolute Gasteiger partial charge is 0.449 e. The van der Waals surface area contributed by atoms with E-state index in [1.54, 1.807) is 43.3 Å². The number of rotatable bonds is 5. The summed E-state index contributed by atoms with van der Waals surface area (Å²) in [5.74, 6) is -3.32. The molecular weight excluding hydrogens is 497 g/mol. The Morgan fingerprint density at radius 1 is 0.789 bits per heavy atom. The van der Waals surface area contributed by atoms with Crippen molar-refractivity contribution >= 4 is 16.9 Å². The van der Waals surface area contributed by atoms with Crippen LogP contribution in [0.25, 0.3) is 22.1 Å². The second-order valence-electron chi connectivity index (χ2n) is 8.44. The molecule has 0 spiro atoms. The summed E-state index contributed by atoms with van der Waals surface area (Å²) in [7, 11) is 0. The maximum absolute atomic E-state index is 13.9. The monoisotopic (exact) mass is 516 g/mol. The largest absolute Gasteiger partial charge is 0.453 e. The fourth-order valence-corrected chi connectivity index (χ4v) is 3.93. The number of ether oxygens (including phenoxy) is 2. The van der Waals surface area contributed by atoms with Crippen molar-refractivity contribution in [2.45, 2.75) is 13.1 Å². The average molecular weight is 516 g/mol. The molecule has 38 heavy (non-hydrogen) atoms. The molecule has 0 amide bonds. The van der Waals surface area contributed by atoms with Gasteiger partial charge < -0.3 is 13.9 Å². The Balaban J connectivity index is 1.49. The highest BCUT2D eigenvalue weighted by Crippen LogP contribution is 2.39. The Bertz CT molecular complexity index is 1690. The summed E-state index contributed by atoms with van der Waals surface area (Å²) in [5, 5.41) is -0.162. The topological polar surface area (TPSA) is 65.7 Å². The van der Waals surface area contributed by atoms with Crippen LogP contribution >= 0.6 is 0 Å². The van der Waals surface area contributed by atoms with Gasteiger partial charge in [0.15, 0.2) is 0 Å². The minimum Gasteiger partial charge on any atom is -0.449 e. The molecule has 4 aromatic carbocycles. The van der Waals surface area contributed by atoms with Crippen LogP contribution in [0.4, 0.5) is 13.2 Å². The molecule has 1 aromatic heterocycles. The molecule has 0 saturated heterocycles. The lowest BCUT2D eigenvalue weighted by Gasteiger charge is -2.14. The van der Waals surface area contributed by atoms with Crippen molar-refractivity contribution in [2.24, 2.45) is 0 Å². The van der Waals surface area contributed by atoms with Gasteiger partial charge in [-0.3, -0.25) is 4.79 Å². The van der Waals surface area contributed by atoms with Gasteiger partial charge >= 0.3 is 12.1 Å². The van der Waals surface area contributed by atoms with E-state index < -0.39 is 34.7 Å². The van der Waals surface area contributed by atoms with E-state index in [0.29, 0.717) is 11.1 Å². The Labute approximate surface area is 214 Å². The summed E-state index contributed by atoms with van der Waals surface area (Å²) < 4.78 is 57.6. The highest BCUT2D eigenvalue weighted by Gasteiger charge is 2.40. The van der Waals surface area contributed by atoms with Gasteiger partial charge in [-0.15, -0.1) is 0 Å². The number of hydrogen-bond donors (Lipinski definition) is 0. The number of hydrogen-bond acceptors (Lipinski definition) is 5. The molecule has 190 valence electrons. The molecule has 5 nitrogen and oxygen atoms in total. The normalized spacial score (nSPS) is 11.4. The summed E-state index contributed by atoms with van der Waals surface area (Å²) in [6.07, 6.45) is -5.03. The minimum atomic E-state index is -5.03. The lowest BCUT2D eigenvalue weighted by Crippen LogP contribution is -2.15. The fourth-order valence-electron chi connectivity index (χ4n) is 3.93. The summed E-state index contributed by atoms with van der Waals surface area (Å²) >= 11 is 0. The molecule has 0 aliphatic rings. The summed E-state index contributed by atoms with van der Waals surface area (Å²) in [4.78, 5) is 25.6. The van der Waals surface area contributed by atoms with Gasteiger partial charge in [0.05, 0.1) is 10.9 Å². The van der Waals surface area contributed by atoms with Crippen LogP contribution in [-0.4, -0.2) is 5.97 Å². The van der Waals surface area contributed by atoms with E-state index in [-0.39, 0.29) is 16.9 Å². The van der Waals surface area contributed by atoms with Gasteiger partial charge in [0.1, 0.15) is 17.1 Å². The number of fused-ring (bicyclic) bond motifs is 1. The van der Waals surface area contributed by atoms with E-state index in [0.717, 1.165) is 17.2 Å². The Morgan fingerprint density at radius 3 is 2.11 bits per heavy atom. The lowest BCUT2D eigenvalue weighted by atomic mass is 10.1. The number of esters is 1. The molecule has 5 rings (SSSR count). The van der Waals surface area contributed by atoms with Gasteiger partial charge in [0.2, 0.25) is 11.2 Å². The highest BCUT2D eigenvalue weighted by atomic mass is 19.4. The van der Waals surface area contributed by atoms with Crippen LogP contribution in [0.3, 0.4) is 0 Å². The standard InChI is InChI=1S/C30H19F3O5/c1-18-7-5-6-10-23(18)29(35)37-22-15-16-24-25(17-22)38-28(30(31,32)33)27(26(24)34)36-21-13-11-20(12-14-21)19-8-3-2-4-9-19/h2-17H,1H3. The predicted octanol–water partition coefficient (Wildman–Crippen LogP) is 7.80. The first-order valence-electron chi connectivity index (χ1n) is 11.5. The van der Waals surface area contributed by atoms with E-state index in [4.69, 9.17) is 13.9 Å². The molecule has 0 bridgehead atoms. The summed E-state index contributed by atoms with van der Waals surface area (Å²) in [6, 6.07) is 26.0. The first-order chi connectivity index (χ1) is 18.2.